The molecule has 2 saturated heterocycles. The molecule has 0 bridgehead atoms. The third-order valence-corrected chi connectivity index (χ3v) is 25.5. The monoisotopic (exact) mass is 2000 g/mol. The number of hydroxylamine groups is 3. The molecule has 36 heteroatoms. The SMILES string of the molecule is CCCCN(C(=O)OC(C)(C)C)C(NC(=O)OC(C)(C)C)C(CCCCCCNC(=O)C1(C2CCCCCCCCCCCCCCCCCCCCCCOON(C(=O)[C@@](O)(C(C)=O)[C@@H](O)[C@H](O)[C@@H](C)O)NC2=O)COON1C(=O)CCCCCCCCCCCCCCCCCCCCCCCN(C(C)=O)C(=O)[C@H](O)[C@@H](O)[C@H](O)[C@@H](C)O)CN(CCCCNC(=O)OC(C)(C)C)C(=O)OC(C)(C)C. The van der Waals surface area contributed by atoms with Crippen LogP contribution < -0.4 is 21.4 Å². The number of aliphatic hydroxyl groups excluding tert-OH is 7. The fourth-order valence-electron chi connectivity index (χ4n) is 17.4. The van der Waals surface area contributed by atoms with Crippen LogP contribution in [0.25, 0.3) is 0 Å². The Bertz CT molecular complexity index is 3460. The molecule has 0 saturated carbocycles. The summed E-state index contributed by atoms with van der Waals surface area (Å²) >= 11 is 0. The molecule has 12 N–H and O–H groups in total. The van der Waals surface area contributed by atoms with E-state index in [-0.39, 0.29) is 76.7 Å². The molecule has 10 amide bonds. The summed E-state index contributed by atoms with van der Waals surface area (Å²) in [5.41, 5.74) is -7.21. The number of hydrazine groups is 1. The Morgan fingerprint density at radius 2 is 0.886 bits per heavy atom. The Kier molecular flexibility index (Phi) is 65.5. The summed E-state index contributed by atoms with van der Waals surface area (Å²) in [5.74, 6) is -9.97. The summed E-state index contributed by atoms with van der Waals surface area (Å²) in [5, 5.41) is 94.4. The Morgan fingerprint density at radius 1 is 0.471 bits per heavy atom. The van der Waals surface area contributed by atoms with Crippen LogP contribution in [0.2, 0.25) is 0 Å². The van der Waals surface area contributed by atoms with Gasteiger partial charge in [-0.05, 0) is 162 Å². The molecule has 2 rings (SSSR count). The number of hydrogen-bond acceptors (Lipinski definition) is 27. The highest BCUT2D eigenvalue weighted by atomic mass is 17.3. The van der Waals surface area contributed by atoms with Gasteiger partial charge in [0.25, 0.3) is 11.8 Å². The fraction of sp³-hybridized carbons (Fsp3) is 0.894. The molecular weight excluding hydrogens is 1810 g/mol. The summed E-state index contributed by atoms with van der Waals surface area (Å²) < 4.78 is 23.4. The van der Waals surface area contributed by atoms with Crippen molar-refractivity contribution in [2.75, 3.05) is 52.5 Å². The largest absolute Gasteiger partial charge is 0.444 e. The van der Waals surface area contributed by atoms with Crippen LogP contribution in [-0.4, -0.2) is 266 Å². The molecule has 2 aliphatic heterocycles. The number of hydrogen-bond donors (Lipinski definition) is 12. The quantitative estimate of drug-likeness (QED) is 0.00884. The van der Waals surface area contributed by atoms with Crippen LogP contribution in [0.4, 0.5) is 19.2 Å². The molecule has 0 aromatic heterocycles. The third kappa shape index (κ3) is 53.9. The maximum atomic E-state index is 15.9. The van der Waals surface area contributed by atoms with Gasteiger partial charge in [-0.15, -0.1) is 4.99 Å². The van der Waals surface area contributed by atoms with Gasteiger partial charge in [0.2, 0.25) is 23.3 Å². The molecule has 0 radical (unpaired) electrons. The van der Waals surface area contributed by atoms with Gasteiger partial charge >= 0.3 is 30.3 Å². The van der Waals surface area contributed by atoms with Crippen molar-refractivity contribution in [3.05, 3.63) is 0 Å². The molecule has 0 spiro atoms. The van der Waals surface area contributed by atoms with Crippen molar-refractivity contribution in [3.63, 3.8) is 0 Å². The average molecular weight is 2000 g/mol. The number of carbonyl (C=O) groups is 11. The molecule has 12 atom stereocenters. The first-order valence-electron chi connectivity index (χ1n) is 53.7. The topological polar surface area (TPSA) is 488 Å². The van der Waals surface area contributed by atoms with Gasteiger partial charge in [0.15, 0.2) is 17.4 Å². The predicted molar refractivity (Wildman–Crippen MR) is 534 cm³/mol. The van der Waals surface area contributed by atoms with E-state index in [4.69, 9.17) is 38.7 Å². The van der Waals surface area contributed by atoms with Crippen molar-refractivity contribution < 1.29 is 132 Å². The number of nitrogens with one attached hydrogen (secondary N) is 4. The number of aliphatic hydroxyl groups is 8. The van der Waals surface area contributed by atoms with Crippen LogP contribution in [0.1, 0.15) is 452 Å². The van der Waals surface area contributed by atoms with Crippen molar-refractivity contribution in [2.24, 2.45) is 11.8 Å². The number of nitrogens with zero attached hydrogens (tertiary/aromatic N) is 5. The van der Waals surface area contributed by atoms with Gasteiger partial charge in [-0.2, -0.15) is 5.06 Å². The van der Waals surface area contributed by atoms with Crippen molar-refractivity contribution >= 4 is 65.6 Å². The van der Waals surface area contributed by atoms with E-state index in [0.29, 0.717) is 89.9 Å². The summed E-state index contributed by atoms with van der Waals surface area (Å²) in [6.45, 7) is 26.7. The predicted octanol–water partition coefficient (Wildman–Crippen LogP) is 16.9. The molecular formula is C104H193N9O27. The summed E-state index contributed by atoms with van der Waals surface area (Å²) in [4.78, 5) is 183. The zero-order valence-electron chi connectivity index (χ0n) is 89.3. The number of carbonyl (C=O) groups excluding carboxylic acids is 11. The van der Waals surface area contributed by atoms with Gasteiger partial charge in [-0.25, -0.2) is 34.4 Å². The van der Waals surface area contributed by atoms with Crippen molar-refractivity contribution in [1.82, 2.24) is 46.3 Å². The van der Waals surface area contributed by atoms with E-state index in [1.54, 1.807) is 88.0 Å². The Balaban J connectivity index is 2.59. The number of imide groups is 1. The van der Waals surface area contributed by atoms with Gasteiger partial charge in [-0.1, -0.05) is 287 Å². The maximum Gasteiger partial charge on any atom is 0.411 e. The molecule has 0 aliphatic carbocycles. The molecule has 2 heterocycles. The van der Waals surface area contributed by atoms with E-state index in [9.17, 15) is 79.2 Å². The fourth-order valence-corrected chi connectivity index (χ4v) is 17.4. The molecule has 4 unspecified atom stereocenters. The van der Waals surface area contributed by atoms with E-state index in [0.717, 1.165) is 178 Å². The summed E-state index contributed by atoms with van der Waals surface area (Å²) in [6, 6.07) is 0. The standard InChI is InChI=1S/C104H193N9O27/c1-18-19-73-111(98(131)138-102(15,16)17)90(107-96(129)136-100(9,10)11)82(76-109(97(130)137-101(12,13)14)72-65-63-71-106-95(128)135-99(6,7)8)67-59-55-56-62-70-105-93(126)103(83-68-60-53-49-45-41-37-33-29-25-22-24-28-32-36-40-44-48-52-58-66-75-133-140-113(108-91(83)124)94(127)104(132,80(4)116)89(123)86(120)79(3)115)77-134-139-112(103)84(118)69-61-54-50-46-42-38-34-30-26-21-20-23-27-31-35-39-43-47-51-57-64-74-110(81(5)117)92(125)88(122)87(121)85(119)78(2)114/h78-79,82-83,85-90,114-115,119-123,132H,18-77H2,1-17H3,(H,105,126)(H,106,128)(H,107,129)(H,108,124)/t78-,79-,82?,83?,85-,86-,87+,88-,89+,90?,103?,104-/m1/s1. The van der Waals surface area contributed by atoms with Crippen LogP contribution in [0, 0.1) is 11.8 Å². The highest BCUT2D eigenvalue weighted by Gasteiger charge is 2.62. The average Bonchev–Trinajstić information content (AvgIpc) is 1.56. The number of ether oxygens (including phenoxy) is 4. The second kappa shape index (κ2) is 70.9. The Labute approximate surface area is 838 Å². The van der Waals surface area contributed by atoms with Crippen LogP contribution >= 0.6 is 0 Å². The third-order valence-electron chi connectivity index (χ3n) is 25.5. The van der Waals surface area contributed by atoms with E-state index < -0.39 is 166 Å². The molecule has 36 nitrogen and oxygen atoms in total. The Morgan fingerprint density at radius 3 is 1.34 bits per heavy atom. The second-order valence-electron chi connectivity index (χ2n) is 43.1. The molecule has 0 aromatic rings. The van der Waals surface area contributed by atoms with E-state index in [1.165, 1.54) is 83.0 Å². The normalized spacial score (nSPS) is 19.1. The first-order chi connectivity index (χ1) is 66.1. The highest BCUT2D eigenvalue weighted by Crippen LogP contribution is 2.38. The lowest BCUT2D eigenvalue weighted by Gasteiger charge is -2.40. The maximum absolute atomic E-state index is 15.9. The molecule has 0 aromatic carbocycles. The first kappa shape index (κ1) is 129. The van der Waals surface area contributed by atoms with Crippen LogP contribution in [0.5, 0.6) is 0 Å². The van der Waals surface area contributed by atoms with E-state index in [1.807, 2.05) is 6.92 Å². The molecule has 2 fully saturated rings. The molecule has 816 valence electrons. The van der Waals surface area contributed by atoms with Gasteiger partial charge in [-0.3, -0.25) is 43.4 Å². The van der Waals surface area contributed by atoms with Crippen molar-refractivity contribution in [2.45, 2.75) is 534 Å². The van der Waals surface area contributed by atoms with Gasteiger partial charge in [0.1, 0.15) is 59.6 Å². The van der Waals surface area contributed by atoms with Crippen molar-refractivity contribution in [3.8, 4) is 0 Å². The minimum Gasteiger partial charge on any atom is -0.444 e. The van der Waals surface area contributed by atoms with E-state index in [2.05, 4.69) is 21.4 Å². The van der Waals surface area contributed by atoms with Gasteiger partial charge < -0.3 is 80.6 Å². The number of ketones is 1. The van der Waals surface area contributed by atoms with Gasteiger partial charge in [0.05, 0.1) is 24.7 Å². The van der Waals surface area contributed by atoms with Gasteiger partial charge in [0, 0.05) is 58.5 Å². The minimum atomic E-state index is -3.61. The number of alkyl carbamates (subject to hydrolysis) is 2. The number of rotatable bonds is 55. The molecule has 2 aliphatic rings. The van der Waals surface area contributed by atoms with Crippen molar-refractivity contribution in [1.29, 1.82) is 0 Å². The second-order valence-corrected chi connectivity index (χ2v) is 43.1. The lowest BCUT2D eigenvalue weighted by molar-refractivity contribution is -0.425. The lowest BCUT2D eigenvalue weighted by Crippen LogP contribution is -2.69. The van der Waals surface area contributed by atoms with Crippen LogP contribution in [0.3, 0.4) is 0 Å². The highest BCUT2D eigenvalue weighted by molar-refractivity contribution is 6.09. The molecule has 140 heavy (non-hydrogen) atoms. The number of Topliss-reactive ketones (excluding diaryl/α,β-unsaturated/α-hetero) is 1. The number of amides is 10. The lowest BCUT2D eigenvalue weighted by atomic mass is 9.78. The summed E-state index contributed by atoms with van der Waals surface area (Å²) in [6.07, 6.45) is 25.6. The number of unbranched alkanes of at least 4 members (excludes halogenated alkanes) is 25. The summed E-state index contributed by atoms with van der Waals surface area (Å²) in [7, 11) is 0. The minimum absolute atomic E-state index is 0.0258. The first-order valence-corrected chi connectivity index (χ1v) is 53.7. The zero-order valence-corrected chi connectivity index (χ0v) is 89.3. The van der Waals surface area contributed by atoms with E-state index >= 15 is 14.4 Å². The van der Waals surface area contributed by atoms with Crippen LogP contribution in [0.15, 0.2) is 0 Å². The van der Waals surface area contributed by atoms with Crippen LogP contribution in [-0.2, 0) is 72.3 Å². The smallest absolute Gasteiger partial charge is 0.411 e. The zero-order chi connectivity index (χ0) is 105. The Hall–Kier alpha value is -6.71.